The van der Waals surface area contributed by atoms with Gasteiger partial charge < -0.3 is 21.7 Å². The highest BCUT2D eigenvalue weighted by atomic mass is 32.1. The lowest BCUT2D eigenvalue weighted by Gasteiger charge is -2.11. The zero-order valence-electron chi connectivity index (χ0n) is 10.3. The highest BCUT2D eigenvalue weighted by Crippen LogP contribution is 2.30. The van der Waals surface area contributed by atoms with Crippen LogP contribution in [0, 0.1) is 0 Å². The minimum Gasteiger partial charge on any atom is -0.382 e. The number of aromatic nitrogens is 1. The molecule has 1 aliphatic heterocycles. The van der Waals surface area contributed by atoms with Gasteiger partial charge in [0.15, 0.2) is 5.13 Å². The minimum absolute atomic E-state index is 0.149. The summed E-state index contributed by atoms with van der Waals surface area (Å²) in [7, 11) is 0. The molecule has 5 N–H and O–H groups in total. The molecule has 0 aliphatic carbocycles. The molecule has 0 bridgehead atoms. The number of carbonyl (C=O) groups excluding carboxylic acids is 1. The number of nitrogens with zero attached hydrogens (tertiary/aromatic N) is 2. The van der Waals surface area contributed by atoms with E-state index in [-0.39, 0.29) is 5.91 Å². The second kappa shape index (κ2) is 6.01. The van der Waals surface area contributed by atoms with Crippen molar-refractivity contribution in [2.75, 3.05) is 36.8 Å². The molecule has 2 heterocycles. The molecule has 1 aliphatic rings. The lowest BCUT2D eigenvalue weighted by atomic mass is 10.4. The van der Waals surface area contributed by atoms with Crippen molar-refractivity contribution in [3.63, 3.8) is 0 Å². The molecule has 0 aromatic carbocycles. The summed E-state index contributed by atoms with van der Waals surface area (Å²) in [6, 6.07) is 0. The Bertz CT molecular complexity index is 414. The molecule has 0 unspecified atom stereocenters. The minimum atomic E-state index is -0.149. The Morgan fingerprint density at radius 1 is 1.44 bits per heavy atom. The van der Waals surface area contributed by atoms with Gasteiger partial charge in [0, 0.05) is 19.6 Å². The summed E-state index contributed by atoms with van der Waals surface area (Å²) in [5, 5.41) is 3.65. The summed E-state index contributed by atoms with van der Waals surface area (Å²) in [6.45, 7) is 3.14. The van der Waals surface area contributed by atoms with Gasteiger partial charge in [-0.3, -0.25) is 4.79 Å². The van der Waals surface area contributed by atoms with Gasteiger partial charge in [0.25, 0.3) is 5.91 Å². The highest BCUT2D eigenvalue weighted by molar-refractivity contribution is 7.18. The van der Waals surface area contributed by atoms with Crippen molar-refractivity contribution in [3.8, 4) is 0 Å². The third-order valence-electron chi connectivity index (χ3n) is 2.89. The number of amides is 1. The van der Waals surface area contributed by atoms with Crippen LogP contribution in [-0.2, 0) is 0 Å². The number of anilines is 2. The van der Waals surface area contributed by atoms with Crippen molar-refractivity contribution in [3.05, 3.63) is 4.88 Å². The van der Waals surface area contributed by atoms with Crippen LogP contribution in [0.2, 0.25) is 0 Å². The number of nitrogens with two attached hydrogens (primary N) is 2. The third kappa shape index (κ3) is 2.91. The number of nitrogens with one attached hydrogen (secondary N) is 1. The van der Waals surface area contributed by atoms with Crippen LogP contribution < -0.4 is 21.7 Å². The fourth-order valence-electron chi connectivity index (χ4n) is 1.91. The van der Waals surface area contributed by atoms with Gasteiger partial charge in [-0.15, -0.1) is 0 Å². The van der Waals surface area contributed by atoms with E-state index < -0.39 is 0 Å². The van der Waals surface area contributed by atoms with Crippen molar-refractivity contribution in [1.82, 2.24) is 10.3 Å². The quantitative estimate of drug-likeness (QED) is 0.672. The molecule has 0 spiro atoms. The van der Waals surface area contributed by atoms with Crippen LogP contribution >= 0.6 is 11.3 Å². The Labute approximate surface area is 110 Å². The topological polar surface area (TPSA) is 97.3 Å². The summed E-state index contributed by atoms with van der Waals surface area (Å²) in [5.41, 5.74) is 11.2. The van der Waals surface area contributed by atoms with E-state index in [1.54, 1.807) is 0 Å². The first-order valence-electron chi connectivity index (χ1n) is 6.22. The molecular formula is C11H19N5OS. The van der Waals surface area contributed by atoms with Gasteiger partial charge >= 0.3 is 0 Å². The van der Waals surface area contributed by atoms with Crippen LogP contribution in [0.1, 0.15) is 28.9 Å². The summed E-state index contributed by atoms with van der Waals surface area (Å²) in [5.74, 6) is 0.177. The fourth-order valence-corrected chi connectivity index (χ4v) is 2.86. The summed E-state index contributed by atoms with van der Waals surface area (Å²) >= 11 is 1.37. The number of hydrogen-bond acceptors (Lipinski definition) is 6. The van der Waals surface area contributed by atoms with E-state index in [4.69, 9.17) is 11.5 Å². The van der Waals surface area contributed by atoms with E-state index in [1.807, 2.05) is 0 Å². The zero-order chi connectivity index (χ0) is 13.0. The fraction of sp³-hybridized carbons (Fsp3) is 0.636. The number of thiazole rings is 1. The largest absolute Gasteiger partial charge is 0.382 e. The maximum Gasteiger partial charge on any atom is 0.265 e. The summed E-state index contributed by atoms with van der Waals surface area (Å²) in [4.78, 5) is 18.9. The molecule has 0 radical (unpaired) electrons. The molecule has 1 fully saturated rings. The molecule has 0 atom stereocenters. The maximum absolute atomic E-state index is 11.9. The van der Waals surface area contributed by atoms with Crippen LogP contribution in [-0.4, -0.2) is 37.1 Å². The van der Waals surface area contributed by atoms with Crippen LogP contribution in [0.4, 0.5) is 10.9 Å². The van der Waals surface area contributed by atoms with Crippen molar-refractivity contribution < 1.29 is 4.79 Å². The normalized spacial score (nSPS) is 15.1. The molecular weight excluding hydrogens is 250 g/mol. The Kier molecular flexibility index (Phi) is 4.38. The van der Waals surface area contributed by atoms with Crippen molar-refractivity contribution >= 4 is 28.2 Å². The maximum atomic E-state index is 11.9. The molecule has 100 valence electrons. The average Bonchev–Trinajstić information content (AvgIpc) is 2.97. The van der Waals surface area contributed by atoms with Gasteiger partial charge in [-0.1, -0.05) is 11.3 Å². The molecule has 1 saturated heterocycles. The molecule has 0 saturated carbocycles. The van der Waals surface area contributed by atoms with Gasteiger partial charge in [-0.2, -0.15) is 0 Å². The highest BCUT2D eigenvalue weighted by Gasteiger charge is 2.21. The Morgan fingerprint density at radius 2 is 2.17 bits per heavy atom. The predicted molar refractivity (Wildman–Crippen MR) is 74.0 cm³/mol. The van der Waals surface area contributed by atoms with Gasteiger partial charge in [-0.25, -0.2) is 4.98 Å². The van der Waals surface area contributed by atoms with E-state index in [2.05, 4.69) is 15.2 Å². The van der Waals surface area contributed by atoms with Crippen molar-refractivity contribution in [2.45, 2.75) is 19.3 Å². The van der Waals surface area contributed by atoms with Crippen LogP contribution in [0.15, 0.2) is 0 Å². The lowest BCUT2D eigenvalue weighted by molar-refractivity contribution is 0.0958. The molecule has 18 heavy (non-hydrogen) atoms. The average molecular weight is 269 g/mol. The number of carbonyl (C=O) groups is 1. The molecule has 1 amide bonds. The molecule has 2 rings (SSSR count). The Balaban J connectivity index is 2.01. The monoisotopic (exact) mass is 269 g/mol. The predicted octanol–water partition coefficient (Wildman–Crippen LogP) is 0.404. The first-order chi connectivity index (χ1) is 8.72. The van der Waals surface area contributed by atoms with Gasteiger partial charge in [0.2, 0.25) is 0 Å². The summed E-state index contributed by atoms with van der Waals surface area (Å²) in [6.07, 6.45) is 3.12. The SMILES string of the molecule is NCCCNC(=O)c1sc(N2CCCC2)nc1N. The van der Waals surface area contributed by atoms with Crippen molar-refractivity contribution in [2.24, 2.45) is 5.73 Å². The molecule has 7 heteroatoms. The van der Waals surface area contributed by atoms with Crippen LogP contribution in [0.25, 0.3) is 0 Å². The van der Waals surface area contributed by atoms with Crippen molar-refractivity contribution in [1.29, 1.82) is 0 Å². The molecule has 1 aromatic heterocycles. The van der Waals surface area contributed by atoms with Gasteiger partial charge in [0.1, 0.15) is 10.7 Å². The van der Waals surface area contributed by atoms with E-state index in [1.165, 1.54) is 24.2 Å². The lowest BCUT2D eigenvalue weighted by Crippen LogP contribution is -2.25. The zero-order valence-corrected chi connectivity index (χ0v) is 11.1. The van der Waals surface area contributed by atoms with E-state index in [0.717, 1.165) is 24.6 Å². The van der Waals surface area contributed by atoms with Crippen LogP contribution in [0.5, 0.6) is 0 Å². The number of nitrogen functional groups attached to an aromatic ring is 1. The third-order valence-corrected chi connectivity index (χ3v) is 4.02. The van der Waals surface area contributed by atoms with Crippen LogP contribution in [0.3, 0.4) is 0 Å². The van der Waals surface area contributed by atoms with E-state index in [9.17, 15) is 4.79 Å². The van der Waals surface area contributed by atoms with Gasteiger partial charge in [0.05, 0.1) is 0 Å². The van der Waals surface area contributed by atoms with E-state index >= 15 is 0 Å². The summed E-state index contributed by atoms with van der Waals surface area (Å²) < 4.78 is 0. The van der Waals surface area contributed by atoms with E-state index in [0.29, 0.717) is 23.8 Å². The number of rotatable bonds is 5. The molecule has 6 nitrogen and oxygen atoms in total. The Morgan fingerprint density at radius 3 is 2.83 bits per heavy atom. The standard InChI is InChI=1S/C11H19N5OS/c12-4-3-5-14-10(17)8-9(13)15-11(18-8)16-6-1-2-7-16/h1-7,12-13H2,(H,14,17). The first-order valence-corrected chi connectivity index (χ1v) is 7.03. The second-order valence-electron chi connectivity index (χ2n) is 4.30. The first kappa shape index (κ1) is 13.1. The number of hydrogen-bond donors (Lipinski definition) is 3. The van der Waals surface area contributed by atoms with Gasteiger partial charge in [-0.05, 0) is 25.8 Å². The molecule has 1 aromatic rings. The second-order valence-corrected chi connectivity index (χ2v) is 5.28. The Hall–Kier alpha value is -1.34. The smallest absolute Gasteiger partial charge is 0.265 e.